The number of hydrazone groups is 1. The van der Waals surface area contributed by atoms with Gasteiger partial charge in [-0.2, -0.15) is 10.2 Å². The summed E-state index contributed by atoms with van der Waals surface area (Å²) >= 11 is 0. The van der Waals surface area contributed by atoms with E-state index in [9.17, 15) is 9.59 Å². The van der Waals surface area contributed by atoms with Gasteiger partial charge >= 0.3 is 0 Å². The van der Waals surface area contributed by atoms with E-state index in [1.165, 1.54) is 0 Å². The van der Waals surface area contributed by atoms with Crippen molar-refractivity contribution in [1.29, 1.82) is 0 Å². The molecule has 2 aromatic heterocycles. The van der Waals surface area contributed by atoms with Gasteiger partial charge in [0.2, 0.25) is 0 Å². The van der Waals surface area contributed by atoms with Crippen LogP contribution in [0.15, 0.2) is 64.6 Å². The van der Waals surface area contributed by atoms with Gasteiger partial charge in [0.05, 0.1) is 11.6 Å². The molecule has 4 rings (SSSR count). The highest BCUT2D eigenvalue weighted by molar-refractivity contribution is 6.05. The second kappa shape index (κ2) is 6.04. The topological polar surface area (TPSA) is 103 Å². The van der Waals surface area contributed by atoms with E-state index in [-0.39, 0.29) is 11.3 Å². The molecule has 0 spiro atoms. The Hall–Kier alpha value is -3.74. The first-order chi connectivity index (χ1) is 12.2. The lowest BCUT2D eigenvalue weighted by Crippen LogP contribution is -2.22. The summed E-state index contributed by atoms with van der Waals surface area (Å²) in [4.78, 5) is 27.2. The Morgan fingerprint density at radius 1 is 1.04 bits per heavy atom. The number of amides is 1. The molecule has 0 saturated carbocycles. The zero-order chi connectivity index (χ0) is 17.2. The number of H-pyrrole nitrogens is 2. The van der Waals surface area contributed by atoms with Crippen LogP contribution in [0, 0.1) is 0 Å². The number of nitrogens with one attached hydrogen (secondary N) is 3. The van der Waals surface area contributed by atoms with Crippen molar-refractivity contribution in [3.63, 3.8) is 0 Å². The number of rotatable bonds is 3. The molecule has 0 saturated heterocycles. The highest BCUT2D eigenvalue weighted by atomic mass is 16.2. The molecule has 4 aromatic rings. The molecule has 0 atom stereocenters. The number of aromatic nitrogens is 3. The van der Waals surface area contributed by atoms with Crippen molar-refractivity contribution >= 4 is 33.8 Å². The first-order valence-corrected chi connectivity index (χ1v) is 7.61. The minimum absolute atomic E-state index is 0.117. The van der Waals surface area contributed by atoms with E-state index in [1.807, 2.05) is 30.5 Å². The standard InChI is InChI=1S/C18H13N5O2/c24-17-14-7-2-1-6-13(14)16(21-23-17)18(25)22-20-10-11-9-19-15-8-4-3-5-12(11)15/h1-10,19H,(H,22,25)(H,23,24). The van der Waals surface area contributed by atoms with Crippen LogP contribution < -0.4 is 11.0 Å². The van der Waals surface area contributed by atoms with Crippen molar-refractivity contribution in [1.82, 2.24) is 20.6 Å². The summed E-state index contributed by atoms with van der Waals surface area (Å²) in [6, 6.07) is 14.6. The molecular weight excluding hydrogens is 318 g/mol. The zero-order valence-corrected chi connectivity index (χ0v) is 13.0. The summed E-state index contributed by atoms with van der Waals surface area (Å²) in [6.45, 7) is 0. The molecule has 2 heterocycles. The molecule has 0 unspecified atom stereocenters. The van der Waals surface area contributed by atoms with E-state index in [0.717, 1.165) is 16.5 Å². The molecule has 1 amide bonds. The van der Waals surface area contributed by atoms with Crippen LogP contribution in [0.3, 0.4) is 0 Å². The van der Waals surface area contributed by atoms with Crippen LogP contribution in [0.5, 0.6) is 0 Å². The maximum absolute atomic E-state index is 12.3. The molecule has 7 nitrogen and oxygen atoms in total. The molecule has 0 bridgehead atoms. The molecule has 2 aromatic carbocycles. The fraction of sp³-hybridized carbons (Fsp3) is 0. The number of fused-ring (bicyclic) bond motifs is 2. The van der Waals surface area contributed by atoms with Crippen molar-refractivity contribution in [3.05, 3.63) is 76.3 Å². The number of carbonyl (C=O) groups is 1. The lowest BCUT2D eigenvalue weighted by Gasteiger charge is -2.02. The smallest absolute Gasteiger partial charge is 0.292 e. The Kier molecular flexibility index (Phi) is 3.59. The van der Waals surface area contributed by atoms with Gasteiger partial charge in [-0.05, 0) is 12.1 Å². The predicted molar refractivity (Wildman–Crippen MR) is 95.7 cm³/mol. The second-order valence-corrected chi connectivity index (χ2v) is 5.44. The number of hydrogen-bond acceptors (Lipinski definition) is 4. The summed E-state index contributed by atoms with van der Waals surface area (Å²) < 4.78 is 0. The molecule has 0 aliphatic rings. The number of hydrogen-bond donors (Lipinski definition) is 3. The quantitative estimate of drug-likeness (QED) is 0.396. The maximum Gasteiger partial charge on any atom is 0.292 e. The summed E-state index contributed by atoms with van der Waals surface area (Å²) in [5.74, 6) is -0.497. The van der Waals surface area contributed by atoms with Gasteiger partial charge in [0, 0.05) is 28.0 Å². The maximum atomic E-state index is 12.3. The van der Waals surface area contributed by atoms with Crippen LogP contribution in [0.4, 0.5) is 0 Å². The van der Waals surface area contributed by atoms with Gasteiger partial charge in [-0.3, -0.25) is 9.59 Å². The fourth-order valence-corrected chi connectivity index (χ4v) is 2.70. The minimum atomic E-state index is -0.497. The van der Waals surface area contributed by atoms with Crippen molar-refractivity contribution in [2.75, 3.05) is 0 Å². The van der Waals surface area contributed by atoms with Gasteiger partial charge in [0.25, 0.3) is 11.5 Å². The third-order valence-electron chi connectivity index (χ3n) is 3.90. The van der Waals surface area contributed by atoms with E-state index in [0.29, 0.717) is 10.8 Å². The average molecular weight is 331 g/mol. The molecule has 0 fully saturated rings. The number of nitrogens with zero attached hydrogens (tertiary/aromatic N) is 2. The van der Waals surface area contributed by atoms with Gasteiger partial charge < -0.3 is 4.98 Å². The summed E-state index contributed by atoms with van der Waals surface area (Å²) in [5.41, 5.74) is 4.07. The Balaban J connectivity index is 1.61. The fourth-order valence-electron chi connectivity index (χ4n) is 2.70. The first kappa shape index (κ1) is 14.8. The second-order valence-electron chi connectivity index (χ2n) is 5.44. The van der Waals surface area contributed by atoms with Crippen molar-refractivity contribution < 1.29 is 4.79 Å². The third-order valence-corrected chi connectivity index (χ3v) is 3.90. The molecule has 0 radical (unpaired) electrons. The van der Waals surface area contributed by atoms with Crippen LogP contribution in [0.1, 0.15) is 16.1 Å². The lowest BCUT2D eigenvalue weighted by molar-refractivity contribution is 0.0951. The van der Waals surface area contributed by atoms with Gasteiger partial charge in [0.15, 0.2) is 5.69 Å². The van der Waals surface area contributed by atoms with E-state index in [4.69, 9.17) is 0 Å². The SMILES string of the molecule is O=C(NN=Cc1c[nH]c2ccccc12)c1n[nH]c(=O)c2ccccc12. The molecule has 25 heavy (non-hydrogen) atoms. The van der Waals surface area contributed by atoms with Crippen molar-refractivity contribution in [2.24, 2.45) is 5.10 Å². The van der Waals surface area contributed by atoms with Crippen LogP contribution in [0.2, 0.25) is 0 Å². The normalized spacial score (nSPS) is 11.4. The Labute approximate surface area is 141 Å². The van der Waals surface area contributed by atoms with E-state index in [1.54, 1.807) is 30.5 Å². The van der Waals surface area contributed by atoms with Gasteiger partial charge in [-0.1, -0.05) is 36.4 Å². The van der Waals surface area contributed by atoms with Crippen LogP contribution >= 0.6 is 0 Å². The molecular formula is C18H13N5O2. The molecule has 0 aliphatic carbocycles. The summed E-state index contributed by atoms with van der Waals surface area (Å²) in [7, 11) is 0. The van der Waals surface area contributed by atoms with Crippen LogP contribution in [-0.4, -0.2) is 27.3 Å². The summed E-state index contributed by atoms with van der Waals surface area (Å²) in [5, 5.41) is 12.1. The van der Waals surface area contributed by atoms with Gasteiger partial charge in [0.1, 0.15) is 0 Å². The highest BCUT2D eigenvalue weighted by Gasteiger charge is 2.13. The number of carbonyl (C=O) groups excluding carboxylic acids is 1. The van der Waals surface area contributed by atoms with E-state index >= 15 is 0 Å². The van der Waals surface area contributed by atoms with E-state index < -0.39 is 5.91 Å². The monoisotopic (exact) mass is 331 g/mol. The number of aromatic amines is 2. The Bertz CT molecular complexity index is 1170. The van der Waals surface area contributed by atoms with Crippen molar-refractivity contribution in [2.45, 2.75) is 0 Å². The highest BCUT2D eigenvalue weighted by Crippen LogP contribution is 2.15. The van der Waals surface area contributed by atoms with E-state index in [2.05, 4.69) is 25.7 Å². The number of benzene rings is 2. The van der Waals surface area contributed by atoms with Gasteiger partial charge in [-0.15, -0.1) is 0 Å². The third kappa shape index (κ3) is 2.67. The Morgan fingerprint density at radius 3 is 2.60 bits per heavy atom. The van der Waals surface area contributed by atoms with Crippen molar-refractivity contribution in [3.8, 4) is 0 Å². The zero-order valence-electron chi connectivity index (χ0n) is 13.0. The van der Waals surface area contributed by atoms with Crippen LogP contribution in [0.25, 0.3) is 21.7 Å². The predicted octanol–water partition coefficient (Wildman–Crippen LogP) is 2.17. The average Bonchev–Trinajstić information content (AvgIpc) is 3.05. The van der Waals surface area contributed by atoms with Crippen LogP contribution in [-0.2, 0) is 0 Å². The molecule has 7 heteroatoms. The Morgan fingerprint density at radius 2 is 1.76 bits per heavy atom. The minimum Gasteiger partial charge on any atom is -0.361 e. The molecule has 3 N–H and O–H groups in total. The lowest BCUT2D eigenvalue weighted by atomic mass is 10.1. The number of para-hydroxylation sites is 1. The first-order valence-electron chi connectivity index (χ1n) is 7.61. The molecule has 122 valence electrons. The largest absolute Gasteiger partial charge is 0.361 e. The summed E-state index contributed by atoms with van der Waals surface area (Å²) in [6.07, 6.45) is 3.37. The van der Waals surface area contributed by atoms with Gasteiger partial charge in [-0.25, -0.2) is 10.5 Å². The molecule has 0 aliphatic heterocycles.